The van der Waals surface area contributed by atoms with Crippen molar-refractivity contribution in [3.05, 3.63) is 0 Å². The van der Waals surface area contributed by atoms with Gasteiger partial charge in [-0.3, -0.25) is 4.79 Å². The van der Waals surface area contributed by atoms with Crippen molar-refractivity contribution < 1.29 is 15.0 Å². The second kappa shape index (κ2) is 4.61. The number of aliphatic carboxylic acids is 1. The second-order valence-corrected chi connectivity index (χ2v) is 3.91. The first-order valence-corrected chi connectivity index (χ1v) is 5.07. The molecular weight excluding hydrogens is 168 g/mol. The minimum Gasteiger partial charge on any atom is -0.481 e. The predicted molar refractivity (Wildman–Crippen MR) is 49.4 cm³/mol. The van der Waals surface area contributed by atoms with Crippen LogP contribution in [0.25, 0.3) is 0 Å². The summed E-state index contributed by atoms with van der Waals surface area (Å²) in [6.45, 7) is 2.03. The van der Waals surface area contributed by atoms with Gasteiger partial charge in [-0.2, -0.15) is 0 Å². The van der Waals surface area contributed by atoms with Crippen molar-refractivity contribution in [1.29, 1.82) is 0 Å². The van der Waals surface area contributed by atoms with Gasteiger partial charge in [0.2, 0.25) is 0 Å². The zero-order chi connectivity index (χ0) is 9.84. The summed E-state index contributed by atoms with van der Waals surface area (Å²) in [5, 5.41) is 18.6. The van der Waals surface area contributed by atoms with E-state index in [1.165, 1.54) is 0 Å². The Morgan fingerprint density at radius 2 is 2.15 bits per heavy atom. The first-order valence-electron chi connectivity index (χ1n) is 5.07. The molecule has 2 N–H and O–H groups in total. The molecule has 0 aromatic heterocycles. The fourth-order valence-electron chi connectivity index (χ4n) is 1.63. The van der Waals surface area contributed by atoms with Gasteiger partial charge in [0, 0.05) is 0 Å². The van der Waals surface area contributed by atoms with E-state index < -0.39 is 18.0 Å². The van der Waals surface area contributed by atoms with Crippen LogP contribution >= 0.6 is 0 Å². The third-order valence-corrected chi connectivity index (χ3v) is 2.70. The molecule has 3 heteroatoms. The number of carbonyl (C=O) groups is 1. The minimum atomic E-state index is -0.840. The number of rotatable bonds is 6. The number of carboxylic acid groups (broad SMARTS) is 1. The largest absolute Gasteiger partial charge is 0.481 e. The smallest absolute Gasteiger partial charge is 0.309 e. The SMILES string of the molecule is CCCCC(C(=O)O)C(O)C1CC1. The van der Waals surface area contributed by atoms with E-state index in [1.54, 1.807) is 0 Å². The van der Waals surface area contributed by atoms with Gasteiger partial charge in [-0.05, 0) is 25.2 Å². The number of hydrogen-bond acceptors (Lipinski definition) is 2. The molecular formula is C10H18O3. The number of aliphatic hydroxyl groups excluding tert-OH is 1. The van der Waals surface area contributed by atoms with Gasteiger partial charge >= 0.3 is 5.97 Å². The summed E-state index contributed by atoms with van der Waals surface area (Å²) in [5.74, 6) is -1.11. The lowest BCUT2D eigenvalue weighted by Gasteiger charge is -2.18. The molecule has 76 valence electrons. The van der Waals surface area contributed by atoms with Crippen LogP contribution in [0.15, 0.2) is 0 Å². The fraction of sp³-hybridized carbons (Fsp3) is 0.900. The zero-order valence-electron chi connectivity index (χ0n) is 8.07. The molecule has 1 saturated carbocycles. The van der Waals surface area contributed by atoms with Crippen molar-refractivity contribution in [2.75, 3.05) is 0 Å². The Kier molecular flexibility index (Phi) is 3.72. The van der Waals surface area contributed by atoms with Gasteiger partial charge in [0.1, 0.15) is 0 Å². The molecule has 3 nitrogen and oxygen atoms in total. The lowest BCUT2D eigenvalue weighted by atomic mass is 9.93. The van der Waals surface area contributed by atoms with Crippen LogP contribution in [0.4, 0.5) is 0 Å². The molecule has 0 aromatic rings. The van der Waals surface area contributed by atoms with E-state index in [1.807, 2.05) is 6.92 Å². The van der Waals surface area contributed by atoms with Gasteiger partial charge < -0.3 is 10.2 Å². The summed E-state index contributed by atoms with van der Waals surface area (Å²) in [5.41, 5.74) is 0. The third-order valence-electron chi connectivity index (χ3n) is 2.70. The molecule has 1 rings (SSSR count). The van der Waals surface area contributed by atoms with E-state index in [-0.39, 0.29) is 5.92 Å². The van der Waals surface area contributed by atoms with Crippen LogP contribution in [0, 0.1) is 11.8 Å². The monoisotopic (exact) mass is 186 g/mol. The molecule has 2 unspecified atom stereocenters. The van der Waals surface area contributed by atoms with Crippen LogP contribution in [0.3, 0.4) is 0 Å². The van der Waals surface area contributed by atoms with Gasteiger partial charge in [-0.15, -0.1) is 0 Å². The van der Waals surface area contributed by atoms with Crippen LogP contribution < -0.4 is 0 Å². The highest BCUT2D eigenvalue weighted by molar-refractivity contribution is 5.70. The van der Waals surface area contributed by atoms with Crippen molar-refractivity contribution in [2.45, 2.75) is 45.1 Å². The highest BCUT2D eigenvalue weighted by Gasteiger charge is 2.38. The van der Waals surface area contributed by atoms with Gasteiger partial charge in [-0.1, -0.05) is 19.8 Å². The van der Waals surface area contributed by atoms with E-state index in [0.717, 1.165) is 25.7 Å². The molecule has 0 bridgehead atoms. The van der Waals surface area contributed by atoms with Crippen LogP contribution in [0.5, 0.6) is 0 Å². The Balaban J connectivity index is 2.40. The molecule has 0 amide bonds. The maximum absolute atomic E-state index is 10.8. The summed E-state index contributed by atoms with van der Waals surface area (Å²) in [6, 6.07) is 0. The molecule has 0 spiro atoms. The quantitative estimate of drug-likeness (QED) is 0.663. The van der Waals surface area contributed by atoms with Crippen LogP contribution in [0.1, 0.15) is 39.0 Å². The molecule has 0 radical (unpaired) electrons. The van der Waals surface area contributed by atoms with Crippen LogP contribution in [0.2, 0.25) is 0 Å². The average Bonchev–Trinajstić information content (AvgIpc) is 2.86. The first kappa shape index (κ1) is 10.5. The van der Waals surface area contributed by atoms with E-state index in [2.05, 4.69) is 0 Å². The first-order chi connectivity index (χ1) is 6.16. The Bertz CT molecular complexity index is 175. The maximum Gasteiger partial charge on any atom is 0.309 e. The fourth-order valence-corrected chi connectivity index (χ4v) is 1.63. The molecule has 1 aliphatic rings. The Labute approximate surface area is 78.8 Å². The van der Waals surface area contributed by atoms with E-state index in [4.69, 9.17) is 5.11 Å². The third kappa shape index (κ3) is 2.99. The molecule has 0 aromatic carbocycles. The van der Waals surface area contributed by atoms with Crippen molar-refractivity contribution in [2.24, 2.45) is 11.8 Å². The van der Waals surface area contributed by atoms with Gasteiger partial charge in [0.25, 0.3) is 0 Å². The number of hydrogen-bond donors (Lipinski definition) is 2. The molecule has 0 aliphatic heterocycles. The lowest BCUT2D eigenvalue weighted by molar-refractivity contribution is -0.146. The van der Waals surface area contributed by atoms with E-state index in [0.29, 0.717) is 6.42 Å². The van der Waals surface area contributed by atoms with Crippen LogP contribution in [-0.2, 0) is 4.79 Å². The number of aliphatic hydroxyl groups is 1. The molecule has 0 saturated heterocycles. The lowest BCUT2D eigenvalue weighted by Crippen LogP contribution is -2.29. The zero-order valence-corrected chi connectivity index (χ0v) is 8.07. The second-order valence-electron chi connectivity index (χ2n) is 3.91. The highest BCUT2D eigenvalue weighted by atomic mass is 16.4. The van der Waals surface area contributed by atoms with Gasteiger partial charge in [-0.25, -0.2) is 0 Å². The number of carboxylic acids is 1. The van der Waals surface area contributed by atoms with E-state index >= 15 is 0 Å². The Morgan fingerprint density at radius 3 is 2.54 bits per heavy atom. The highest BCUT2D eigenvalue weighted by Crippen LogP contribution is 2.37. The van der Waals surface area contributed by atoms with E-state index in [9.17, 15) is 9.90 Å². The molecule has 1 aliphatic carbocycles. The molecule has 2 atom stereocenters. The topological polar surface area (TPSA) is 57.5 Å². The summed E-state index contributed by atoms with van der Waals surface area (Å²) < 4.78 is 0. The number of unbranched alkanes of at least 4 members (excludes halogenated alkanes) is 1. The average molecular weight is 186 g/mol. The maximum atomic E-state index is 10.8. The molecule has 1 fully saturated rings. The summed E-state index contributed by atoms with van der Waals surface area (Å²) in [7, 11) is 0. The van der Waals surface area contributed by atoms with Gasteiger partial charge in [0.15, 0.2) is 0 Å². The summed E-state index contributed by atoms with van der Waals surface area (Å²) in [4.78, 5) is 10.8. The predicted octanol–water partition coefficient (Wildman–Crippen LogP) is 1.65. The standard InChI is InChI=1S/C10H18O3/c1-2-3-4-8(10(12)13)9(11)7-5-6-7/h7-9,11H,2-6H2,1H3,(H,12,13). The Hall–Kier alpha value is -0.570. The molecule has 13 heavy (non-hydrogen) atoms. The van der Waals surface area contributed by atoms with Crippen molar-refractivity contribution >= 4 is 5.97 Å². The molecule has 0 heterocycles. The minimum absolute atomic E-state index is 0.262. The Morgan fingerprint density at radius 1 is 1.54 bits per heavy atom. The normalized spacial score (nSPS) is 21.1. The van der Waals surface area contributed by atoms with Gasteiger partial charge in [0.05, 0.1) is 12.0 Å². The summed E-state index contributed by atoms with van der Waals surface area (Å²) in [6.07, 6.45) is 3.88. The summed E-state index contributed by atoms with van der Waals surface area (Å²) >= 11 is 0. The van der Waals surface area contributed by atoms with Crippen molar-refractivity contribution in [3.63, 3.8) is 0 Å². The van der Waals surface area contributed by atoms with Crippen molar-refractivity contribution in [1.82, 2.24) is 0 Å². The van der Waals surface area contributed by atoms with Crippen molar-refractivity contribution in [3.8, 4) is 0 Å². The van der Waals surface area contributed by atoms with Crippen LogP contribution in [-0.4, -0.2) is 22.3 Å².